The van der Waals surface area contributed by atoms with Gasteiger partial charge >= 0.3 is 0 Å². The van der Waals surface area contributed by atoms with Crippen LogP contribution in [0.5, 0.6) is 0 Å². The molecule has 12 nitrogen and oxygen atoms in total. The Morgan fingerprint density at radius 2 is 2.22 bits per heavy atom. The van der Waals surface area contributed by atoms with Crippen molar-refractivity contribution in [3.8, 4) is 0 Å². The van der Waals surface area contributed by atoms with Crippen molar-refractivity contribution in [1.29, 1.82) is 0 Å². The number of oxime groups is 1. The number of carbonyl (C=O) groups is 3. The molecule has 3 aromatic rings. The molecule has 184 valence electrons. The van der Waals surface area contributed by atoms with Crippen molar-refractivity contribution in [2.24, 2.45) is 5.16 Å². The summed E-state index contributed by atoms with van der Waals surface area (Å²) in [6.07, 6.45) is 3.50. The maximum atomic E-state index is 13.0. The van der Waals surface area contributed by atoms with Crippen LogP contribution in [0.25, 0.3) is 11.0 Å². The van der Waals surface area contributed by atoms with E-state index >= 15 is 0 Å². The van der Waals surface area contributed by atoms with Gasteiger partial charge in [0.2, 0.25) is 5.52 Å². The molecule has 36 heavy (non-hydrogen) atoms. The van der Waals surface area contributed by atoms with E-state index < -0.39 is 29.2 Å². The molecular formula is C22H19N7O5S2. The summed E-state index contributed by atoms with van der Waals surface area (Å²) >= 11 is 2.48. The van der Waals surface area contributed by atoms with Gasteiger partial charge in [-0.25, -0.2) is 9.97 Å². The van der Waals surface area contributed by atoms with E-state index in [-0.39, 0.29) is 28.8 Å². The fourth-order valence-electron chi connectivity index (χ4n) is 4.14. The molecule has 2 amide bonds. The van der Waals surface area contributed by atoms with Gasteiger partial charge in [0.1, 0.15) is 29.7 Å². The van der Waals surface area contributed by atoms with Gasteiger partial charge in [-0.15, -0.1) is 23.1 Å². The number of carbonyl (C=O) groups excluding carboxylic acids is 3. The summed E-state index contributed by atoms with van der Waals surface area (Å²) in [6, 6.07) is 6.41. The van der Waals surface area contributed by atoms with Gasteiger partial charge in [-0.1, -0.05) is 5.16 Å². The van der Waals surface area contributed by atoms with Crippen molar-refractivity contribution >= 4 is 62.8 Å². The lowest BCUT2D eigenvalue weighted by atomic mass is 10.0. The zero-order valence-electron chi connectivity index (χ0n) is 18.8. The molecule has 2 atom stereocenters. The predicted octanol–water partition coefficient (Wildman–Crippen LogP) is -0.984. The second-order valence-corrected chi connectivity index (χ2v) is 9.83. The van der Waals surface area contributed by atoms with Gasteiger partial charge < -0.3 is 25.8 Å². The van der Waals surface area contributed by atoms with Gasteiger partial charge in [0.15, 0.2) is 23.6 Å². The highest BCUT2D eigenvalue weighted by Gasteiger charge is 2.53. The number of anilines is 1. The van der Waals surface area contributed by atoms with Crippen LogP contribution in [0.1, 0.15) is 5.69 Å². The van der Waals surface area contributed by atoms with E-state index in [1.165, 1.54) is 23.8 Å². The Morgan fingerprint density at radius 1 is 1.39 bits per heavy atom. The number of β-lactam (4-membered cyclic amide) rings is 1. The van der Waals surface area contributed by atoms with Crippen LogP contribution in [0.2, 0.25) is 0 Å². The van der Waals surface area contributed by atoms with E-state index in [0.717, 1.165) is 22.4 Å². The molecule has 0 radical (unpaired) electrons. The molecule has 3 aromatic heterocycles. The van der Waals surface area contributed by atoms with Crippen molar-refractivity contribution < 1.29 is 28.9 Å². The highest BCUT2D eigenvalue weighted by Crippen LogP contribution is 2.40. The first-order valence-electron chi connectivity index (χ1n) is 10.6. The number of nitrogen functional groups attached to an aromatic ring is 1. The fourth-order valence-corrected chi connectivity index (χ4v) is 6.02. The maximum Gasteiger partial charge on any atom is 0.276 e. The average molecular weight is 526 g/mol. The number of aromatic nitrogens is 3. The van der Waals surface area contributed by atoms with Crippen LogP contribution in [0.4, 0.5) is 5.13 Å². The highest BCUT2D eigenvalue weighted by atomic mass is 32.2. The van der Waals surface area contributed by atoms with Crippen LogP contribution < -0.4 is 20.7 Å². The first kappa shape index (κ1) is 23.7. The minimum Gasteiger partial charge on any atom is -0.543 e. The van der Waals surface area contributed by atoms with Crippen molar-refractivity contribution in [3.05, 3.63) is 59.0 Å². The minimum atomic E-state index is -1.45. The SMILES string of the molecule is CO/N=C(\C(=O)N[C@@H]1C(=O)N2C(C(=O)[O-])=C(C[n+]3cccc4ncccc43)CS[C@H]12)c1csc(N)n1. The molecule has 0 saturated carbocycles. The molecule has 1 saturated heterocycles. The van der Waals surface area contributed by atoms with Gasteiger partial charge in [-0.3, -0.25) is 14.5 Å². The molecule has 0 aliphatic carbocycles. The van der Waals surface area contributed by atoms with E-state index in [9.17, 15) is 19.5 Å². The number of nitrogens with one attached hydrogen (secondary N) is 1. The Bertz CT molecular complexity index is 1450. The topological polar surface area (TPSA) is 167 Å². The van der Waals surface area contributed by atoms with Crippen molar-refractivity contribution in [1.82, 2.24) is 20.2 Å². The van der Waals surface area contributed by atoms with Crippen LogP contribution in [0.3, 0.4) is 0 Å². The number of fused-ring (bicyclic) bond motifs is 2. The number of nitrogens with zero attached hydrogens (tertiary/aromatic N) is 5. The summed E-state index contributed by atoms with van der Waals surface area (Å²) in [5.74, 6) is -2.37. The standard InChI is InChI=1S/C22H19N7O5S2/c1-34-27-15(13-10-36-22(23)25-13)18(30)26-16-19(31)29-17(21(32)33)11(9-35-20(16)29)8-28-7-3-4-12-14(28)5-2-6-24-12/h2-7,10,16,20H,8-9H2,1H3,(H3-,23,25,26,30,32,33)/b27-15-/t16-,20-/m1/s1. The van der Waals surface area contributed by atoms with Gasteiger partial charge in [-0.05, 0) is 12.1 Å². The third kappa shape index (κ3) is 4.13. The molecule has 0 aromatic carbocycles. The quantitative estimate of drug-likeness (QED) is 0.170. The Labute approximate surface area is 212 Å². The smallest absolute Gasteiger partial charge is 0.276 e. The number of nitrogens with two attached hydrogens (primary N) is 1. The molecular weight excluding hydrogens is 506 g/mol. The number of carboxylic acid groups (broad SMARTS) is 1. The lowest BCUT2D eigenvalue weighted by molar-refractivity contribution is -0.663. The van der Waals surface area contributed by atoms with Crippen LogP contribution >= 0.6 is 23.1 Å². The van der Waals surface area contributed by atoms with E-state index in [0.29, 0.717) is 11.3 Å². The Hall–Kier alpha value is -4.04. The summed E-state index contributed by atoms with van der Waals surface area (Å²) in [5, 5.41) is 19.6. The number of amides is 2. The molecule has 2 aliphatic heterocycles. The number of carboxylic acids is 1. The number of thiazole rings is 1. The van der Waals surface area contributed by atoms with E-state index in [2.05, 4.69) is 20.4 Å². The van der Waals surface area contributed by atoms with Gasteiger partial charge in [0, 0.05) is 35.0 Å². The summed E-state index contributed by atoms with van der Waals surface area (Å²) < 4.78 is 1.87. The van der Waals surface area contributed by atoms with Crippen LogP contribution in [0.15, 0.2) is 58.5 Å². The first-order chi connectivity index (χ1) is 17.4. The fraction of sp³-hybridized carbons (Fsp3) is 0.227. The van der Waals surface area contributed by atoms with E-state index in [4.69, 9.17) is 10.6 Å². The van der Waals surface area contributed by atoms with E-state index in [1.54, 1.807) is 17.6 Å². The Kier molecular flexibility index (Phi) is 6.28. The number of thioether (sulfide) groups is 1. The molecule has 0 unspecified atom stereocenters. The van der Waals surface area contributed by atoms with Crippen molar-refractivity contribution in [2.75, 3.05) is 18.6 Å². The van der Waals surface area contributed by atoms with Gasteiger partial charge in [0.05, 0.1) is 11.7 Å². The number of rotatable bonds is 7. The highest BCUT2D eigenvalue weighted by molar-refractivity contribution is 8.00. The second-order valence-electron chi connectivity index (χ2n) is 7.84. The largest absolute Gasteiger partial charge is 0.543 e. The Balaban J connectivity index is 1.38. The van der Waals surface area contributed by atoms with Crippen molar-refractivity contribution in [2.45, 2.75) is 18.0 Å². The normalized spacial score (nSPS) is 19.6. The zero-order valence-corrected chi connectivity index (χ0v) is 20.4. The second kappa shape index (κ2) is 9.54. The molecule has 5 rings (SSSR count). The average Bonchev–Trinajstić information content (AvgIpc) is 3.31. The molecule has 3 N–H and O–H groups in total. The summed E-state index contributed by atoms with van der Waals surface area (Å²) in [4.78, 5) is 52.3. The van der Waals surface area contributed by atoms with Crippen molar-refractivity contribution in [3.63, 3.8) is 0 Å². The number of pyridine rings is 2. The molecule has 0 spiro atoms. The zero-order chi connectivity index (χ0) is 25.4. The molecule has 2 aliphatic rings. The summed E-state index contributed by atoms with van der Waals surface area (Å²) in [6.45, 7) is 0.239. The van der Waals surface area contributed by atoms with Crippen LogP contribution in [0, 0.1) is 0 Å². The van der Waals surface area contributed by atoms with Crippen LogP contribution in [-0.4, -0.2) is 62.6 Å². The summed E-state index contributed by atoms with van der Waals surface area (Å²) in [5.41, 5.74) is 7.64. The third-order valence-electron chi connectivity index (χ3n) is 5.70. The third-order valence-corrected chi connectivity index (χ3v) is 7.71. The predicted molar refractivity (Wildman–Crippen MR) is 129 cm³/mol. The Morgan fingerprint density at radius 3 is 2.94 bits per heavy atom. The number of aliphatic carboxylic acids is 1. The first-order valence-corrected chi connectivity index (χ1v) is 12.6. The lowest BCUT2D eigenvalue weighted by Crippen LogP contribution is -2.71. The van der Waals surface area contributed by atoms with Gasteiger partial charge in [-0.2, -0.15) is 4.57 Å². The molecule has 1 fully saturated rings. The lowest BCUT2D eigenvalue weighted by Gasteiger charge is -2.50. The van der Waals surface area contributed by atoms with Gasteiger partial charge in [0.25, 0.3) is 11.8 Å². The maximum absolute atomic E-state index is 13.0. The summed E-state index contributed by atoms with van der Waals surface area (Å²) in [7, 11) is 1.28. The number of hydrogen-bond acceptors (Lipinski definition) is 11. The molecule has 0 bridgehead atoms. The monoisotopic (exact) mass is 525 g/mol. The van der Waals surface area contributed by atoms with Crippen LogP contribution in [-0.2, 0) is 25.8 Å². The number of hydrogen-bond donors (Lipinski definition) is 2. The molecule has 5 heterocycles. The molecule has 14 heteroatoms. The minimum absolute atomic E-state index is 0.144. The van der Waals surface area contributed by atoms with E-state index in [1.807, 2.05) is 29.0 Å².